The molecule has 0 atom stereocenters. The van der Waals surface area contributed by atoms with Gasteiger partial charge >= 0.3 is 5.97 Å². The van der Waals surface area contributed by atoms with Crippen molar-refractivity contribution in [3.05, 3.63) is 41.6 Å². The maximum absolute atomic E-state index is 13.2. The Morgan fingerprint density at radius 1 is 1.32 bits per heavy atom. The van der Waals surface area contributed by atoms with Gasteiger partial charge in [0.1, 0.15) is 0 Å². The molecule has 1 aromatic heterocycles. The molecule has 100 valence electrons. The number of carboxylic acids is 1. The molecule has 0 aliphatic carbocycles. The van der Waals surface area contributed by atoms with Crippen molar-refractivity contribution in [3.8, 4) is 11.3 Å². The van der Waals surface area contributed by atoms with Crippen molar-refractivity contribution in [2.24, 2.45) is 0 Å². The fourth-order valence-corrected chi connectivity index (χ4v) is 1.79. The van der Waals surface area contributed by atoms with Crippen LogP contribution in [0.3, 0.4) is 0 Å². The molecular formula is C13H12F2N2O2. The van der Waals surface area contributed by atoms with E-state index in [-0.39, 0.29) is 5.69 Å². The lowest BCUT2D eigenvalue weighted by atomic mass is 10.1. The minimum Gasteiger partial charge on any atom is -0.476 e. The van der Waals surface area contributed by atoms with E-state index in [1.54, 1.807) is 0 Å². The predicted octanol–water partition coefficient (Wildman–Crippen LogP) is 2.94. The number of carboxylic acid groups (broad SMARTS) is 1. The SMILES string of the molecule is CCCn1nc(C(=O)O)cc1-c1ccc(F)c(F)c1. The number of halogens is 2. The number of carbonyl (C=O) groups is 1. The van der Waals surface area contributed by atoms with E-state index in [0.717, 1.165) is 18.6 Å². The molecule has 0 fully saturated rings. The van der Waals surface area contributed by atoms with Crippen molar-refractivity contribution < 1.29 is 18.7 Å². The highest BCUT2D eigenvalue weighted by Crippen LogP contribution is 2.23. The lowest BCUT2D eigenvalue weighted by Crippen LogP contribution is -2.04. The standard InChI is InChI=1S/C13H12F2N2O2/c1-2-5-17-12(7-11(16-17)13(18)19)8-3-4-9(14)10(15)6-8/h3-4,6-7H,2,5H2,1H3,(H,18,19). The van der Waals surface area contributed by atoms with Crippen molar-refractivity contribution >= 4 is 5.97 Å². The van der Waals surface area contributed by atoms with Crippen LogP contribution in [0.4, 0.5) is 8.78 Å². The zero-order valence-electron chi connectivity index (χ0n) is 10.2. The van der Waals surface area contributed by atoms with Gasteiger partial charge in [-0.3, -0.25) is 4.68 Å². The van der Waals surface area contributed by atoms with Gasteiger partial charge in [0.15, 0.2) is 17.3 Å². The fraction of sp³-hybridized carbons (Fsp3) is 0.231. The summed E-state index contributed by atoms with van der Waals surface area (Å²) in [5.74, 6) is -3.07. The smallest absolute Gasteiger partial charge is 0.356 e. The van der Waals surface area contributed by atoms with Crippen LogP contribution in [0.5, 0.6) is 0 Å². The third kappa shape index (κ3) is 2.62. The van der Waals surface area contributed by atoms with E-state index in [4.69, 9.17) is 5.11 Å². The van der Waals surface area contributed by atoms with Crippen molar-refractivity contribution in [3.63, 3.8) is 0 Å². The molecule has 0 saturated carbocycles. The molecule has 1 N–H and O–H groups in total. The Labute approximate surface area is 108 Å². The quantitative estimate of drug-likeness (QED) is 0.925. The van der Waals surface area contributed by atoms with E-state index in [1.807, 2.05) is 6.92 Å². The van der Waals surface area contributed by atoms with E-state index >= 15 is 0 Å². The van der Waals surface area contributed by atoms with Gasteiger partial charge in [-0.1, -0.05) is 6.92 Å². The second-order valence-electron chi connectivity index (χ2n) is 4.07. The van der Waals surface area contributed by atoms with Crippen LogP contribution in [0, 0.1) is 11.6 Å². The van der Waals surface area contributed by atoms with Gasteiger partial charge in [-0.25, -0.2) is 13.6 Å². The highest BCUT2D eigenvalue weighted by Gasteiger charge is 2.15. The summed E-state index contributed by atoms with van der Waals surface area (Å²) in [6, 6.07) is 4.79. The van der Waals surface area contributed by atoms with Gasteiger partial charge in [0.25, 0.3) is 0 Å². The topological polar surface area (TPSA) is 55.1 Å². The molecule has 0 saturated heterocycles. The first-order valence-electron chi connectivity index (χ1n) is 5.79. The van der Waals surface area contributed by atoms with Crippen molar-refractivity contribution in [2.75, 3.05) is 0 Å². The van der Waals surface area contributed by atoms with Crippen LogP contribution in [0.1, 0.15) is 23.8 Å². The second-order valence-corrected chi connectivity index (χ2v) is 4.07. The number of aromatic carboxylic acids is 1. The molecule has 0 radical (unpaired) electrons. The summed E-state index contributed by atoms with van der Waals surface area (Å²) in [7, 11) is 0. The number of rotatable bonds is 4. The molecular weight excluding hydrogens is 254 g/mol. The lowest BCUT2D eigenvalue weighted by Gasteiger charge is -2.06. The highest BCUT2D eigenvalue weighted by molar-refractivity contribution is 5.87. The highest BCUT2D eigenvalue weighted by atomic mass is 19.2. The molecule has 0 amide bonds. The Morgan fingerprint density at radius 2 is 2.05 bits per heavy atom. The summed E-state index contributed by atoms with van der Waals surface area (Å²) in [6.45, 7) is 2.42. The zero-order valence-corrected chi connectivity index (χ0v) is 10.2. The molecule has 0 aliphatic heterocycles. The number of hydrogen-bond donors (Lipinski definition) is 1. The molecule has 0 bridgehead atoms. The molecule has 1 heterocycles. The molecule has 0 unspecified atom stereocenters. The van der Waals surface area contributed by atoms with Gasteiger partial charge in [0.05, 0.1) is 5.69 Å². The first kappa shape index (κ1) is 13.2. The Bertz CT molecular complexity index is 623. The molecule has 2 rings (SSSR count). The third-order valence-corrected chi connectivity index (χ3v) is 2.65. The van der Waals surface area contributed by atoms with Crippen LogP contribution in [0.25, 0.3) is 11.3 Å². The van der Waals surface area contributed by atoms with Crippen molar-refractivity contribution in [1.82, 2.24) is 9.78 Å². The van der Waals surface area contributed by atoms with Crippen LogP contribution in [-0.2, 0) is 6.54 Å². The van der Waals surface area contributed by atoms with Crippen LogP contribution in [-0.4, -0.2) is 20.9 Å². The molecule has 19 heavy (non-hydrogen) atoms. The number of aromatic nitrogens is 2. The molecule has 0 aliphatic rings. The zero-order chi connectivity index (χ0) is 14.0. The van der Waals surface area contributed by atoms with Gasteiger partial charge in [0.2, 0.25) is 0 Å². The van der Waals surface area contributed by atoms with Crippen LogP contribution >= 0.6 is 0 Å². The summed E-state index contributed by atoms with van der Waals surface area (Å²) in [5, 5.41) is 12.9. The van der Waals surface area contributed by atoms with Gasteiger partial charge < -0.3 is 5.11 Å². The summed E-state index contributed by atoms with van der Waals surface area (Å²) >= 11 is 0. The monoisotopic (exact) mass is 266 g/mol. The van der Waals surface area contributed by atoms with E-state index in [1.165, 1.54) is 16.8 Å². The number of benzene rings is 1. The Balaban J connectivity index is 2.52. The van der Waals surface area contributed by atoms with Gasteiger partial charge in [-0.05, 0) is 30.7 Å². The molecule has 2 aromatic rings. The maximum atomic E-state index is 13.2. The van der Waals surface area contributed by atoms with E-state index in [0.29, 0.717) is 17.8 Å². The minimum absolute atomic E-state index is 0.117. The van der Waals surface area contributed by atoms with E-state index in [2.05, 4.69) is 5.10 Å². The summed E-state index contributed by atoms with van der Waals surface area (Å²) in [4.78, 5) is 10.9. The average molecular weight is 266 g/mol. The van der Waals surface area contributed by atoms with Crippen LogP contribution < -0.4 is 0 Å². The predicted molar refractivity (Wildman–Crippen MR) is 64.8 cm³/mol. The fourth-order valence-electron chi connectivity index (χ4n) is 1.79. The van der Waals surface area contributed by atoms with Crippen LogP contribution in [0.15, 0.2) is 24.3 Å². The van der Waals surface area contributed by atoms with Gasteiger partial charge in [-0.2, -0.15) is 5.10 Å². The number of aryl methyl sites for hydroxylation is 1. The average Bonchev–Trinajstić information content (AvgIpc) is 2.77. The van der Waals surface area contributed by atoms with Gasteiger partial charge in [0, 0.05) is 12.1 Å². The Hall–Kier alpha value is -2.24. The van der Waals surface area contributed by atoms with Crippen LogP contribution in [0.2, 0.25) is 0 Å². The van der Waals surface area contributed by atoms with E-state index < -0.39 is 17.6 Å². The van der Waals surface area contributed by atoms with Crippen molar-refractivity contribution in [2.45, 2.75) is 19.9 Å². The minimum atomic E-state index is -1.15. The third-order valence-electron chi connectivity index (χ3n) is 2.65. The summed E-state index contributed by atoms with van der Waals surface area (Å²) in [5.41, 5.74) is 0.735. The van der Waals surface area contributed by atoms with Crippen molar-refractivity contribution in [1.29, 1.82) is 0 Å². The maximum Gasteiger partial charge on any atom is 0.356 e. The largest absolute Gasteiger partial charge is 0.476 e. The summed E-state index contributed by atoms with van der Waals surface area (Å²) in [6.07, 6.45) is 0.747. The molecule has 1 aromatic carbocycles. The second kappa shape index (κ2) is 5.17. The lowest BCUT2D eigenvalue weighted by molar-refractivity contribution is 0.0689. The van der Waals surface area contributed by atoms with Gasteiger partial charge in [-0.15, -0.1) is 0 Å². The normalized spacial score (nSPS) is 10.7. The summed E-state index contributed by atoms with van der Waals surface area (Å²) < 4.78 is 27.6. The molecule has 6 heteroatoms. The molecule has 4 nitrogen and oxygen atoms in total. The first-order valence-corrected chi connectivity index (χ1v) is 5.79. The Kier molecular flexibility index (Phi) is 3.59. The van der Waals surface area contributed by atoms with E-state index in [9.17, 15) is 13.6 Å². The number of hydrogen-bond acceptors (Lipinski definition) is 2. The first-order chi connectivity index (χ1) is 9.02. The number of nitrogens with zero attached hydrogens (tertiary/aromatic N) is 2. The molecule has 0 spiro atoms. The Morgan fingerprint density at radius 3 is 2.63 bits per heavy atom.